The summed E-state index contributed by atoms with van der Waals surface area (Å²) in [6.45, 7) is 2.79. The lowest BCUT2D eigenvalue weighted by atomic mass is 9.98. The maximum Gasteiger partial charge on any atom is 0.265 e. The van der Waals surface area contributed by atoms with Crippen LogP contribution in [0.5, 0.6) is 11.5 Å². The maximum atomic E-state index is 12.7. The van der Waals surface area contributed by atoms with E-state index in [0.29, 0.717) is 17.7 Å². The van der Waals surface area contributed by atoms with E-state index in [1.165, 1.54) is 0 Å². The number of benzene rings is 2. The number of unbranched alkanes of at least 4 members (excludes halogenated alkanes) is 2. The maximum absolute atomic E-state index is 12.7. The van der Waals surface area contributed by atoms with Gasteiger partial charge >= 0.3 is 0 Å². The highest BCUT2D eigenvalue weighted by molar-refractivity contribution is 9.12. The highest BCUT2D eigenvalue weighted by Crippen LogP contribution is 2.41. The second-order valence-electron chi connectivity index (χ2n) is 7.34. The monoisotopic (exact) mass is 482 g/mol. The molecule has 1 aliphatic heterocycles. The Balaban J connectivity index is 1.86. The lowest BCUT2D eigenvalue weighted by Gasteiger charge is -2.08. The molecule has 0 unspecified atom stereocenters. The molecular weight excluding hydrogens is 460 g/mol. The summed E-state index contributed by atoms with van der Waals surface area (Å²) >= 11 is 3.31. The first-order valence-electron chi connectivity index (χ1n) is 10.2. The van der Waals surface area contributed by atoms with E-state index in [1.807, 2.05) is 42.5 Å². The van der Waals surface area contributed by atoms with Crippen LogP contribution in [-0.4, -0.2) is 30.5 Å². The standard InChI is InChI=1S/C24H23BrN2O4/c1-3-4-5-12-31-16-10-11-18-17(13-16)19(20-21(25)24(29)27-23(20)28)22(26-18)14-6-8-15(30-2)9-7-14/h6-11,13,26H,3-5,12H2,1-2H3,(H,27,28,29). The van der Waals surface area contributed by atoms with Gasteiger partial charge in [0.1, 0.15) is 11.5 Å². The van der Waals surface area contributed by atoms with Crippen LogP contribution in [-0.2, 0) is 9.59 Å². The number of ether oxygens (including phenoxy) is 2. The summed E-state index contributed by atoms with van der Waals surface area (Å²) in [6.07, 6.45) is 3.22. The lowest BCUT2D eigenvalue weighted by Crippen LogP contribution is -2.22. The fourth-order valence-corrected chi connectivity index (χ4v) is 4.17. The van der Waals surface area contributed by atoms with E-state index in [2.05, 4.69) is 33.2 Å². The van der Waals surface area contributed by atoms with Gasteiger partial charge in [0.15, 0.2) is 0 Å². The lowest BCUT2D eigenvalue weighted by molar-refractivity contribution is -0.123. The quantitative estimate of drug-likeness (QED) is 0.342. The Morgan fingerprint density at radius 3 is 2.35 bits per heavy atom. The van der Waals surface area contributed by atoms with Crippen molar-refractivity contribution in [2.24, 2.45) is 0 Å². The van der Waals surface area contributed by atoms with Gasteiger partial charge in [-0.25, -0.2) is 0 Å². The molecule has 2 amide bonds. The molecule has 31 heavy (non-hydrogen) atoms. The summed E-state index contributed by atoms with van der Waals surface area (Å²) in [4.78, 5) is 28.2. The van der Waals surface area contributed by atoms with E-state index in [4.69, 9.17) is 9.47 Å². The van der Waals surface area contributed by atoms with Gasteiger partial charge in [0.2, 0.25) is 0 Å². The molecule has 4 rings (SSSR count). The van der Waals surface area contributed by atoms with Gasteiger partial charge in [-0.1, -0.05) is 19.8 Å². The third-order valence-electron chi connectivity index (χ3n) is 5.29. The number of aromatic amines is 1. The summed E-state index contributed by atoms with van der Waals surface area (Å²) in [6, 6.07) is 13.3. The van der Waals surface area contributed by atoms with Crippen LogP contribution in [0.25, 0.3) is 27.7 Å². The number of fused-ring (bicyclic) bond motifs is 1. The predicted octanol–water partition coefficient (Wildman–Crippen LogP) is 5.17. The van der Waals surface area contributed by atoms with Crippen LogP contribution >= 0.6 is 15.9 Å². The molecule has 0 radical (unpaired) electrons. The number of hydrogen-bond acceptors (Lipinski definition) is 4. The number of aromatic nitrogens is 1. The van der Waals surface area contributed by atoms with Crippen molar-refractivity contribution >= 4 is 44.2 Å². The highest BCUT2D eigenvalue weighted by Gasteiger charge is 2.33. The minimum Gasteiger partial charge on any atom is -0.497 e. The van der Waals surface area contributed by atoms with Crippen LogP contribution in [0, 0.1) is 0 Å². The fourth-order valence-electron chi connectivity index (χ4n) is 3.69. The minimum atomic E-state index is -0.443. The Morgan fingerprint density at radius 1 is 0.968 bits per heavy atom. The smallest absolute Gasteiger partial charge is 0.265 e. The Labute approximate surface area is 188 Å². The molecule has 1 aliphatic rings. The van der Waals surface area contributed by atoms with Crippen LogP contribution in [0.4, 0.5) is 0 Å². The Hall–Kier alpha value is -3.06. The SMILES string of the molecule is CCCCCOc1ccc2[nH]c(-c3ccc(OC)cc3)c(C3=C(Br)C(=O)NC3=O)c2c1. The van der Waals surface area contributed by atoms with E-state index in [9.17, 15) is 9.59 Å². The minimum absolute atomic E-state index is 0.224. The largest absolute Gasteiger partial charge is 0.497 e. The summed E-state index contributed by atoms with van der Waals surface area (Å²) in [7, 11) is 1.61. The third kappa shape index (κ3) is 4.10. The first-order valence-corrected chi connectivity index (χ1v) is 11.0. The van der Waals surface area contributed by atoms with E-state index < -0.39 is 11.8 Å². The fraction of sp³-hybridized carbons (Fsp3) is 0.250. The number of methoxy groups -OCH3 is 1. The van der Waals surface area contributed by atoms with Crippen LogP contribution in [0.3, 0.4) is 0 Å². The zero-order valence-electron chi connectivity index (χ0n) is 17.4. The van der Waals surface area contributed by atoms with Gasteiger partial charge in [0.25, 0.3) is 11.8 Å². The molecule has 1 aromatic heterocycles. The van der Waals surface area contributed by atoms with Crippen molar-refractivity contribution in [1.29, 1.82) is 0 Å². The number of hydrogen-bond donors (Lipinski definition) is 2. The molecule has 0 saturated carbocycles. The van der Waals surface area contributed by atoms with Crippen molar-refractivity contribution < 1.29 is 19.1 Å². The second-order valence-corrected chi connectivity index (χ2v) is 8.13. The van der Waals surface area contributed by atoms with E-state index in [-0.39, 0.29) is 4.48 Å². The van der Waals surface area contributed by atoms with Crippen molar-refractivity contribution in [2.45, 2.75) is 26.2 Å². The molecule has 0 spiro atoms. The normalized spacial score (nSPS) is 13.8. The number of imide groups is 1. The second kappa shape index (κ2) is 8.98. The first kappa shape index (κ1) is 21.2. The van der Waals surface area contributed by atoms with E-state index in [0.717, 1.165) is 52.9 Å². The van der Waals surface area contributed by atoms with Crippen LogP contribution in [0.2, 0.25) is 0 Å². The van der Waals surface area contributed by atoms with Crippen molar-refractivity contribution in [1.82, 2.24) is 10.3 Å². The molecule has 0 atom stereocenters. The molecule has 6 nitrogen and oxygen atoms in total. The van der Waals surface area contributed by atoms with Crippen molar-refractivity contribution in [3.63, 3.8) is 0 Å². The number of carbonyl (C=O) groups is 2. The number of rotatable bonds is 8. The van der Waals surface area contributed by atoms with Crippen molar-refractivity contribution in [3.8, 4) is 22.8 Å². The summed E-state index contributed by atoms with van der Waals surface area (Å²) in [5.41, 5.74) is 3.44. The first-order chi connectivity index (χ1) is 15.0. The highest BCUT2D eigenvalue weighted by atomic mass is 79.9. The molecule has 7 heteroatoms. The third-order valence-corrected chi connectivity index (χ3v) is 6.04. The number of halogens is 1. The molecule has 2 heterocycles. The molecule has 0 fully saturated rings. The zero-order chi connectivity index (χ0) is 22.0. The Bertz CT molecular complexity index is 1180. The van der Waals surface area contributed by atoms with Gasteiger partial charge in [0, 0.05) is 16.5 Å². The average molecular weight is 483 g/mol. The predicted molar refractivity (Wildman–Crippen MR) is 124 cm³/mol. The molecule has 0 aliphatic carbocycles. The van der Waals surface area contributed by atoms with Gasteiger partial charge in [-0.15, -0.1) is 0 Å². The zero-order valence-corrected chi connectivity index (χ0v) is 19.0. The molecule has 2 aromatic carbocycles. The molecule has 160 valence electrons. The topological polar surface area (TPSA) is 80.4 Å². The number of amides is 2. The average Bonchev–Trinajstić information content (AvgIpc) is 3.26. The molecule has 0 bridgehead atoms. The van der Waals surface area contributed by atoms with E-state index >= 15 is 0 Å². The van der Waals surface area contributed by atoms with Crippen molar-refractivity contribution in [2.75, 3.05) is 13.7 Å². The summed E-state index contributed by atoms with van der Waals surface area (Å²) < 4.78 is 11.4. The van der Waals surface area contributed by atoms with Crippen molar-refractivity contribution in [3.05, 3.63) is 52.5 Å². The van der Waals surface area contributed by atoms with Gasteiger partial charge < -0.3 is 14.5 Å². The number of carbonyl (C=O) groups excluding carboxylic acids is 2. The molecule has 3 aromatic rings. The van der Waals surface area contributed by atoms with E-state index in [1.54, 1.807) is 7.11 Å². The molecule has 2 N–H and O–H groups in total. The van der Waals surface area contributed by atoms with Gasteiger partial charge in [-0.3, -0.25) is 14.9 Å². The van der Waals surface area contributed by atoms with Crippen LogP contribution in [0.15, 0.2) is 46.9 Å². The van der Waals surface area contributed by atoms with Gasteiger partial charge in [0.05, 0.1) is 29.5 Å². The molecular formula is C24H23BrN2O4. The number of nitrogens with one attached hydrogen (secondary N) is 2. The van der Waals surface area contributed by atoms with Gasteiger partial charge in [-0.05, 0) is 70.4 Å². The Kier molecular flexibility index (Phi) is 6.13. The van der Waals surface area contributed by atoms with Crippen LogP contribution < -0.4 is 14.8 Å². The summed E-state index contributed by atoms with van der Waals surface area (Å²) in [5, 5.41) is 3.18. The number of H-pyrrole nitrogens is 1. The Morgan fingerprint density at radius 2 is 1.71 bits per heavy atom. The van der Waals surface area contributed by atoms with Gasteiger partial charge in [-0.2, -0.15) is 0 Å². The summed E-state index contributed by atoms with van der Waals surface area (Å²) in [5.74, 6) is 0.591. The molecule has 0 saturated heterocycles. The van der Waals surface area contributed by atoms with Crippen LogP contribution in [0.1, 0.15) is 31.7 Å².